The predicted molar refractivity (Wildman–Crippen MR) is 86.9 cm³/mol. The van der Waals surface area contributed by atoms with Crippen molar-refractivity contribution in [1.29, 1.82) is 0 Å². The van der Waals surface area contributed by atoms with Gasteiger partial charge in [-0.15, -0.1) is 12.4 Å². The van der Waals surface area contributed by atoms with E-state index in [1.165, 1.54) is 0 Å². The number of carbonyl (C=O) groups is 1. The molecule has 1 aromatic rings. The van der Waals surface area contributed by atoms with Gasteiger partial charge in [-0.05, 0) is 25.3 Å². The van der Waals surface area contributed by atoms with E-state index in [1.54, 1.807) is 6.92 Å². The summed E-state index contributed by atoms with van der Waals surface area (Å²) in [4.78, 5) is 14.5. The maximum atomic E-state index is 12.6. The van der Waals surface area contributed by atoms with E-state index in [0.29, 0.717) is 12.5 Å². The van der Waals surface area contributed by atoms with Gasteiger partial charge in [-0.25, -0.2) is 0 Å². The highest BCUT2D eigenvalue weighted by Crippen LogP contribution is 2.21. The minimum atomic E-state index is -0.954. The molecular weight excluding hydrogens is 272 g/mol. The molecule has 2 N–H and O–H groups in total. The summed E-state index contributed by atoms with van der Waals surface area (Å²) < 4.78 is 0. The van der Waals surface area contributed by atoms with Gasteiger partial charge in [0, 0.05) is 13.1 Å². The van der Waals surface area contributed by atoms with Crippen LogP contribution in [0.2, 0.25) is 0 Å². The molecule has 2 unspecified atom stereocenters. The van der Waals surface area contributed by atoms with Crippen molar-refractivity contribution in [2.24, 2.45) is 11.7 Å². The summed E-state index contributed by atoms with van der Waals surface area (Å²) in [5, 5.41) is 0. The lowest BCUT2D eigenvalue weighted by molar-refractivity contribution is -0.137. The van der Waals surface area contributed by atoms with Gasteiger partial charge in [-0.3, -0.25) is 4.79 Å². The molecule has 1 rings (SSSR count). The van der Waals surface area contributed by atoms with Crippen LogP contribution in [0.25, 0.3) is 0 Å². The van der Waals surface area contributed by atoms with Crippen LogP contribution in [0.5, 0.6) is 0 Å². The van der Waals surface area contributed by atoms with Crippen LogP contribution in [0.15, 0.2) is 30.3 Å². The summed E-state index contributed by atoms with van der Waals surface area (Å²) in [6, 6.07) is 9.59. The number of nitrogens with two attached hydrogens (primary N) is 1. The van der Waals surface area contributed by atoms with Crippen LogP contribution in [0, 0.1) is 5.92 Å². The number of hydrogen-bond donors (Lipinski definition) is 1. The highest BCUT2D eigenvalue weighted by molar-refractivity contribution is 5.87. The van der Waals surface area contributed by atoms with E-state index in [-0.39, 0.29) is 18.3 Å². The highest BCUT2D eigenvalue weighted by atomic mass is 35.5. The minimum absolute atomic E-state index is 0. The lowest BCUT2D eigenvalue weighted by Crippen LogP contribution is -2.51. The second kappa shape index (κ2) is 8.28. The molecule has 0 spiro atoms. The third-order valence-corrected chi connectivity index (χ3v) is 3.72. The standard InChI is InChI=1S/C16H26N2O.ClH/c1-5-13(3)12-18(6-2)15(19)16(4,17)14-10-8-7-9-11-14;/h7-11,13H,5-6,12,17H2,1-4H3;1H. The van der Waals surface area contributed by atoms with Crippen molar-refractivity contribution in [2.75, 3.05) is 13.1 Å². The number of hydrogen-bond acceptors (Lipinski definition) is 2. The number of halogens is 1. The predicted octanol–water partition coefficient (Wildman–Crippen LogP) is 3.18. The van der Waals surface area contributed by atoms with Crippen molar-refractivity contribution in [3.8, 4) is 0 Å². The van der Waals surface area contributed by atoms with Gasteiger partial charge < -0.3 is 10.6 Å². The summed E-state index contributed by atoms with van der Waals surface area (Å²) >= 11 is 0. The van der Waals surface area contributed by atoms with Gasteiger partial charge in [0.1, 0.15) is 5.54 Å². The molecule has 0 saturated heterocycles. The van der Waals surface area contributed by atoms with Gasteiger partial charge in [0.05, 0.1) is 0 Å². The Morgan fingerprint density at radius 2 is 1.85 bits per heavy atom. The molecule has 114 valence electrons. The summed E-state index contributed by atoms with van der Waals surface area (Å²) in [5.74, 6) is 0.497. The molecule has 20 heavy (non-hydrogen) atoms. The van der Waals surface area contributed by atoms with Crippen LogP contribution in [0.3, 0.4) is 0 Å². The number of amides is 1. The van der Waals surface area contributed by atoms with Crippen LogP contribution in [-0.4, -0.2) is 23.9 Å². The minimum Gasteiger partial charge on any atom is -0.341 e. The molecule has 2 atom stereocenters. The van der Waals surface area contributed by atoms with Gasteiger partial charge >= 0.3 is 0 Å². The first-order valence-electron chi connectivity index (χ1n) is 7.07. The Labute approximate surface area is 128 Å². The Balaban J connectivity index is 0.00000361. The van der Waals surface area contributed by atoms with Crippen molar-refractivity contribution in [1.82, 2.24) is 4.90 Å². The molecule has 0 heterocycles. The SMILES string of the molecule is CCC(C)CN(CC)C(=O)C(C)(N)c1ccccc1.Cl. The number of rotatable bonds is 6. The molecule has 1 aromatic carbocycles. The van der Waals surface area contributed by atoms with Crippen LogP contribution < -0.4 is 5.73 Å². The first-order valence-corrected chi connectivity index (χ1v) is 7.07. The molecule has 0 fully saturated rings. The molecule has 0 aliphatic carbocycles. The van der Waals surface area contributed by atoms with Crippen molar-refractivity contribution < 1.29 is 4.79 Å². The van der Waals surface area contributed by atoms with Gasteiger partial charge in [-0.2, -0.15) is 0 Å². The fraction of sp³-hybridized carbons (Fsp3) is 0.562. The lowest BCUT2D eigenvalue weighted by atomic mass is 9.91. The monoisotopic (exact) mass is 298 g/mol. The van der Waals surface area contributed by atoms with Crippen molar-refractivity contribution in [3.05, 3.63) is 35.9 Å². The second-order valence-electron chi connectivity index (χ2n) is 5.43. The zero-order chi connectivity index (χ0) is 14.5. The summed E-state index contributed by atoms with van der Waals surface area (Å²) in [6.07, 6.45) is 1.07. The molecule has 0 radical (unpaired) electrons. The summed E-state index contributed by atoms with van der Waals surface area (Å²) in [7, 11) is 0. The normalized spacial score (nSPS) is 14.8. The molecular formula is C16H27ClN2O. The van der Waals surface area contributed by atoms with E-state index in [1.807, 2.05) is 42.2 Å². The van der Waals surface area contributed by atoms with Crippen LogP contribution in [0.1, 0.15) is 39.7 Å². The lowest BCUT2D eigenvalue weighted by Gasteiger charge is -2.33. The zero-order valence-electron chi connectivity index (χ0n) is 12.9. The van der Waals surface area contributed by atoms with E-state index in [9.17, 15) is 4.79 Å². The first-order chi connectivity index (χ1) is 8.93. The third-order valence-electron chi connectivity index (χ3n) is 3.72. The van der Waals surface area contributed by atoms with Crippen molar-refractivity contribution in [3.63, 3.8) is 0 Å². The maximum Gasteiger partial charge on any atom is 0.246 e. The van der Waals surface area contributed by atoms with Crippen LogP contribution >= 0.6 is 12.4 Å². The molecule has 1 amide bonds. The molecule has 0 saturated carbocycles. The number of nitrogens with zero attached hydrogens (tertiary/aromatic N) is 1. The Hall–Kier alpha value is -1.06. The van der Waals surface area contributed by atoms with Gasteiger partial charge in [0.25, 0.3) is 0 Å². The Kier molecular flexibility index (Phi) is 7.84. The molecule has 0 aliphatic heterocycles. The smallest absolute Gasteiger partial charge is 0.246 e. The maximum absolute atomic E-state index is 12.6. The average Bonchev–Trinajstić information content (AvgIpc) is 2.44. The largest absolute Gasteiger partial charge is 0.341 e. The summed E-state index contributed by atoms with van der Waals surface area (Å²) in [6.45, 7) is 9.56. The van der Waals surface area contributed by atoms with Gasteiger partial charge in [0.2, 0.25) is 5.91 Å². The Bertz CT molecular complexity index is 406. The van der Waals surface area contributed by atoms with Gasteiger partial charge in [0.15, 0.2) is 0 Å². The number of benzene rings is 1. The summed E-state index contributed by atoms with van der Waals surface area (Å²) in [5.41, 5.74) is 6.19. The molecule has 3 nitrogen and oxygen atoms in total. The van der Waals surface area contributed by atoms with Crippen LogP contribution in [0.4, 0.5) is 0 Å². The molecule has 0 aliphatic rings. The average molecular weight is 299 g/mol. The van der Waals surface area contributed by atoms with E-state index in [4.69, 9.17) is 5.73 Å². The highest BCUT2D eigenvalue weighted by Gasteiger charge is 2.34. The molecule has 0 aromatic heterocycles. The molecule has 4 heteroatoms. The Morgan fingerprint density at radius 3 is 2.30 bits per heavy atom. The fourth-order valence-corrected chi connectivity index (χ4v) is 2.10. The van der Waals surface area contributed by atoms with Crippen molar-refractivity contribution >= 4 is 18.3 Å². The first kappa shape index (κ1) is 18.9. The second-order valence-corrected chi connectivity index (χ2v) is 5.43. The Morgan fingerprint density at radius 1 is 1.30 bits per heavy atom. The van der Waals surface area contributed by atoms with E-state index in [0.717, 1.165) is 18.5 Å². The fourth-order valence-electron chi connectivity index (χ4n) is 2.10. The third kappa shape index (κ3) is 4.50. The number of likely N-dealkylation sites (N-methyl/N-ethyl adjacent to an activating group) is 1. The van der Waals surface area contributed by atoms with Crippen LogP contribution in [-0.2, 0) is 10.3 Å². The van der Waals surface area contributed by atoms with E-state index >= 15 is 0 Å². The zero-order valence-corrected chi connectivity index (χ0v) is 13.7. The number of carbonyl (C=O) groups excluding carboxylic acids is 1. The molecule has 0 bridgehead atoms. The van der Waals surface area contributed by atoms with Gasteiger partial charge in [-0.1, -0.05) is 50.6 Å². The van der Waals surface area contributed by atoms with Crippen molar-refractivity contribution in [2.45, 2.75) is 39.7 Å². The topological polar surface area (TPSA) is 46.3 Å². The quantitative estimate of drug-likeness (QED) is 0.877. The van der Waals surface area contributed by atoms with E-state index < -0.39 is 5.54 Å². The van der Waals surface area contributed by atoms with E-state index in [2.05, 4.69) is 13.8 Å².